The summed E-state index contributed by atoms with van der Waals surface area (Å²) >= 11 is 3.30. The van der Waals surface area contributed by atoms with Crippen molar-refractivity contribution in [1.82, 2.24) is 5.43 Å². The summed E-state index contributed by atoms with van der Waals surface area (Å²) in [5.41, 5.74) is 3.19. The highest BCUT2D eigenvalue weighted by Crippen LogP contribution is 2.09. The van der Waals surface area contributed by atoms with Gasteiger partial charge >= 0.3 is 11.8 Å². The lowest BCUT2D eigenvalue weighted by atomic mass is 10.2. The third-order valence-corrected chi connectivity index (χ3v) is 3.09. The third kappa shape index (κ3) is 4.78. The van der Waals surface area contributed by atoms with Crippen LogP contribution in [0.2, 0.25) is 0 Å². The van der Waals surface area contributed by atoms with Crippen LogP contribution in [-0.2, 0) is 9.59 Å². The molecule has 7 heteroatoms. The fourth-order valence-electron chi connectivity index (χ4n) is 1.49. The van der Waals surface area contributed by atoms with Gasteiger partial charge in [-0.15, -0.1) is 0 Å². The molecule has 0 unspecified atom stereocenters. The van der Waals surface area contributed by atoms with Gasteiger partial charge in [0.2, 0.25) is 0 Å². The predicted molar refractivity (Wildman–Crippen MR) is 84.9 cm³/mol. The smallest absolute Gasteiger partial charge is 0.318 e. The largest absolute Gasteiger partial charge is 0.329 e. The molecule has 0 heterocycles. The maximum Gasteiger partial charge on any atom is 0.329 e. The molecule has 0 atom stereocenters. The molecule has 5 nitrogen and oxygen atoms in total. The fraction of sp³-hybridized carbons (Fsp3) is 0. The van der Waals surface area contributed by atoms with E-state index >= 15 is 0 Å². The van der Waals surface area contributed by atoms with Crippen LogP contribution in [0.3, 0.4) is 0 Å². The summed E-state index contributed by atoms with van der Waals surface area (Å²) in [5, 5.41) is 6.01. The van der Waals surface area contributed by atoms with Crippen molar-refractivity contribution in [3.05, 3.63) is 64.4 Å². The van der Waals surface area contributed by atoms with Gasteiger partial charge in [-0.3, -0.25) is 9.59 Å². The molecule has 0 radical (unpaired) electrons. The molecule has 0 saturated carbocycles. The molecule has 0 aromatic heterocycles. The summed E-state index contributed by atoms with van der Waals surface area (Å²) < 4.78 is 13.6. The normalized spacial score (nSPS) is 10.5. The number of benzene rings is 2. The summed E-state index contributed by atoms with van der Waals surface area (Å²) in [4.78, 5) is 23.1. The van der Waals surface area contributed by atoms with Crippen LogP contribution in [0.15, 0.2) is 58.1 Å². The van der Waals surface area contributed by atoms with Crippen LogP contribution in [0, 0.1) is 5.82 Å². The number of amides is 2. The third-order valence-electron chi connectivity index (χ3n) is 2.56. The Hall–Kier alpha value is -2.54. The first-order valence-electron chi connectivity index (χ1n) is 6.20. The predicted octanol–water partition coefficient (Wildman–Crippen LogP) is 2.68. The summed E-state index contributed by atoms with van der Waals surface area (Å²) in [6.07, 6.45) is 1.41. The molecule has 2 aromatic carbocycles. The molecule has 2 amide bonds. The van der Waals surface area contributed by atoms with Gasteiger partial charge < -0.3 is 5.32 Å². The van der Waals surface area contributed by atoms with Crippen molar-refractivity contribution in [3.8, 4) is 0 Å². The lowest BCUT2D eigenvalue weighted by molar-refractivity contribution is -0.136. The molecule has 0 aliphatic rings. The fourth-order valence-corrected chi connectivity index (χ4v) is 1.75. The number of hydrazone groups is 1. The number of nitrogens with one attached hydrogen (secondary N) is 2. The number of carbonyl (C=O) groups is 2. The molecule has 0 bridgehead atoms. The van der Waals surface area contributed by atoms with Crippen LogP contribution >= 0.6 is 15.9 Å². The molecule has 2 rings (SSSR count). The van der Waals surface area contributed by atoms with Gasteiger partial charge in [-0.2, -0.15) is 5.10 Å². The van der Waals surface area contributed by atoms with Gasteiger partial charge in [0.15, 0.2) is 0 Å². The number of rotatable bonds is 3. The SMILES string of the molecule is O=C(N/N=C\c1ccc(Br)cc1)C(=O)Nc1ccc(F)cc1. The highest BCUT2D eigenvalue weighted by Gasteiger charge is 2.12. The topological polar surface area (TPSA) is 70.6 Å². The van der Waals surface area contributed by atoms with Gasteiger partial charge in [0.05, 0.1) is 6.21 Å². The van der Waals surface area contributed by atoms with Crippen LogP contribution in [0.1, 0.15) is 5.56 Å². The van der Waals surface area contributed by atoms with Gasteiger partial charge in [-0.1, -0.05) is 28.1 Å². The number of hydrogen-bond acceptors (Lipinski definition) is 3. The van der Waals surface area contributed by atoms with E-state index in [4.69, 9.17) is 0 Å². The maximum absolute atomic E-state index is 12.7. The Kier molecular flexibility index (Phi) is 5.37. The number of nitrogens with zero attached hydrogens (tertiary/aromatic N) is 1. The van der Waals surface area contributed by atoms with E-state index in [1.54, 1.807) is 12.1 Å². The lowest BCUT2D eigenvalue weighted by Gasteiger charge is -2.03. The zero-order chi connectivity index (χ0) is 15.9. The zero-order valence-corrected chi connectivity index (χ0v) is 12.8. The first-order chi connectivity index (χ1) is 10.5. The molecule has 0 aliphatic heterocycles. The first-order valence-corrected chi connectivity index (χ1v) is 6.99. The zero-order valence-electron chi connectivity index (χ0n) is 11.2. The number of halogens is 2. The summed E-state index contributed by atoms with van der Waals surface area (Å²) in [6.45, 7) is 0. The standard InChI is InChI=1S/C15H11BrFN3O2/c16-11-3-1-10(2-4-11)9-18-20-15(22)14(21)19-13-7-5-12(17)6-8-13/h1-9H,(H,19,21)(H,20,22)/b18-9-. The summed E-state index contributed by atoms with van der Waals surface area (Å²) in [7, 11) is 0. The van der Waals surface area contributed by atoms with Crippen molar-refractivity contribution in [1.29, 1.82) is 0 Å². The highest BCUT2D eigenvalue weighted by atomic mass is 79.9. The first kappa shape index (κ1) is 15.8. The molecule has 0 spiro atoms. The van der Waals surface area contributed by atoms with E-state index in [9.17, 15) is 14.0 Å². The van der Waals surface area contributed by atoms with Gasteiger partial charge in [-0.25, -0.2) is 9.82 Å². The van der Waals surface area contributed by atoms with E-state index in [1.807, 2.05) is 12.1 Å². The van der Waals surface area contributed by atoms with E-state index < -0.39 is 17.6 Å². The second-order valence-electron chi connectivity index (χ2n) is 4.21. The highest BCUT2D eigenvalue weighted by molar-refractivity contribution is 9.10. The Morgan fingerprint density at radius 1 is 1.00 bits per heavy atom. The Balaban J connectivity index is 1.87. The Morgan fingerprint density at radius 3 is 2.27 bits per heavy atom. The molecule has 0 fully saturated rings. The molecule has 0 saturated heterocycles. The van der Waals surface area contributed by atoms with Gasteiger partial charge in [0, 0.05) is 10.2 Å². The quantitative estimate of drug-likeness (QED) is 0.500. The van der Waals surface area contributed by atoms with Crippen molar-refractivity contribution >= 4 is 39.6 Å². The molecule has 112 valence electrons. The molecule has 0 aliphatic carbocycles. The molecule has 2 aromatic rings. The van der Waals surface area contributed by atoms with E-state index in [2.05, 4.69) is 31.8 Å². The van der Waals surface area contributed by atoms with E-state index in [0.717, 1.165) is 10.0 Å². The molecular weight excluding hydrogens is 353 g/mol. The van der Waals surface area contributed by atoms with Crippen molar-refractivity contribution in [2.75, 3.05) is 5.32 Å². The number of carbonyl (C=O) groups excluding carboxylic acids is 2. The monoisotopic (exact) mass is 363 g/mol. The molecular formula is C15H11BrFN3O2. The van der Waals surface area contributed by atoms with Crippen LogP contribution < -0.4 is 10.7 Å². The van der Waals surface area contributed by atoms with E-state index in [-0.39, 0.29) is 0 Å². The summed E-state index contributed by atoms with van der Waals surface area (Å²) in [5.74, 6) is -2.24. The minimum atomic E-state index is -0.919. The average molecular weight is 364 g/mol. The Morgan fingerprint density at radius 2 is 1.64 bits per heavy atom. The van der Waals surface area contributed by atoms with Gasteiger partial charge in [0.1, 0.15) is 5.82 Å². The maximum atomic E-state index is 12.7. The Labute approximate surface area is 134 Å². The number of anilines is 1. The minimum Gasteiger partial charge on any atom is -0.318 e. The van der Waals surface area contributed by atoms with Gasteiger partial charge in [-0.05, 0) is 42.0 Å². The van der Waals surface area contributed by atoms with Crippen LogP contribution in [0.4, 0.5) is 10.1 Å². The van der Waals surface area contributed by atoms with E-state index in [1.165, 1.54) is 30.5 Å². The molecule has 22 heavy (non-hydrogen) atoms. The van der Waals surface area contributed by atoms with Gasteiger partial charge in [0.25, 0.3) is 0 Å². The summed E-state index contributed by atoms with van der Waals surface area (Å²) in [6, 6.07) is 12.3. The average Bonchev–Trinajstić information content (AvgIpc) is 2.51. The van der Waals surface area contributed by atoms with Crippen LogP contribution in [-0.4, -0.2) is 18.0 Å². The van der Waals surface area contributed by atoms with E-state index in [0.29, 0.717) is 5.69 Å². The van der Waals surface area contributed by atoms with Crippen molar-refractivity contribution in [2.45, 2.75) is 0 Å². The van der Waals surface area contributed by atoms with Crippen molar-refractivity contribution in [2.24, 2.45) is 5.10 Å². The lowest BCUT2D eigenvalue weighted by Crippen LogP contribution is -2.32. The van der Waals surface area contributed by atoms with Crippen molar-refractivity contribution < 1.29 is 14.0 Å². The van der Waals surface area contributed by atoms with Crippen molar-refractivity contribution in [3.63, 3.8) is 0 Å². The second kappa shape index (κ2) is 7.46. The van der Waals surface area contributed by atoms with Crippen LogP contribution in [0.5, 0.6) is 0 Å². The molecule has 2 N–H and O–H groups in total. The number of hydrogen-bond donors (Lipinski definition) is 2. The minimum absolute atomic E-state index is 0.318. The van der Waals surface area contributed by atoms with Crippen LogP contribution in [0.25, 0.3) is 0 Å². The second-order valence-corrected chi connectivity index (χ2v) is 5.13. The Bertz CT molecular complexity index is 700.